The Kier molecular flexibility index (Phi) is 6.18. The first-order chi connectivity index (χ1) is 16.3. The van der Waals surface area contributed by atoms with Crippen LogP contribution in [0.2, 0.25) is 0 Å². The maximum Gasteiger partial charge on any atom is 0.328 e. The fourth-order valence-electron chi connectivity index (χ4n) is 3.75. The predicted octanol–water partition coefficient (Wildman–Crippen LogP) is 2.24. The van der Waals surface area contributed by atoms with Crippen LogP contribution in [0.4, 0.5) is 8.78 Å². The van der Waals surface area contributed by atoms with Crippen LogP contribution in [-0.4, -0.2) is 58.5 Å². The summed E-state index contributed by atoms with van der Waals surface area (Å²) < 4.78 is 40.0. The summed E-state index contributed by atoms with van der Waals surface area (Å²) in [7, 11) is -2.99. The Balaban J connectivity index is 1.64. The van der Waals surface area contributed by atoms with Gasteiger partial charge in [0.25, 0.3) is 5.91 Å². The van der Waals surface area contributed by atoms with E-state index in [0.29, 0.717) is 28.2 Å². The monoisotopic (exact) mass is 507 g/mol. The summed E-state index contributed by atoms with van der Waals surface area (Å²) in [6.07, 6.45) is -1.05. The van der Waals surface area contributed by atoms with Gasteiger partial charge in [-0.15, -0.1) is 0 Å². The Morgan fingerprint density at radius 1 is 1.14 bits per heavy atom. The summed E-state index contributed by atoms with van der Waals surface area (Å²) in [6, 6.07) is 4.65. The molecule has 0 aliphatic carbocycles. The molecule has 2 unspecified atom stereocenters. The smallest absolute Gasteiger partial charge is 0.328 e. The number of carboxylic acid groups (broad SMARTS) is 1. The van der Waals surface area contributed by atoms with E-state index in [2.05, 4.69) is 20.3 Å². The lowest BCUT2D eigenvalue weighted by Gasteiger charge is -2.15. The van der Waals surface area contributed by atoms with Gasteiger partial charge in [0.15, 0.2) is 11.6 Å². The summed E-state index contributed by atoms with van der Waals surface area (Å²) >= 11 is 0. The number of nitrogens with one attached hydrogen (secondary N) is 2. The molecular weight excluding hydrogens is 487 g/mol. The molecule has 0 saturated carbocycles. The number of benzene rings is 2. The molecular formula is C21H20F2N5O6P. The standard InChI is InChI=1S/C21H20F2N5O6P/c1-9(18-24-14-6-11(22)12(23)7-15(14)25-18)19-26-13-4-3-10(5-17(13)28(19)2)20(29)27-16(21(30)31)8-35(32,33)34/h3-7,9,16H,8H2,1-2H3,(H,24,25)(H,27,29)(H,30,31)(H2,32,33,34). The van der Waals surface area contributed by atoms with Crippen LogP contribution in [0, 0.1) is 11.6 Å². The lowest BCUT2D eigenvalue weighted by atomic mass is 10.1. The number of carboxylic acids is 1. The quantitative estimate of drug-likeness (QED) is 0.237. The van der Waals surface area contributed by atoms with Crippen LogP contribution in [0.25, 0.3) is 22.1 Å². The van der Waals surface area contributed by atoms with Gasteiger partial charge in [0.2, 0.25) is 0 Å². The zero-order valence-corrected chi connectivity index (χ0v) is 19.3. The minimum absolute atomic E-state index is 0.0614. The molecule has 2 heterocycles. The second-order valence-corrected chi connectivity index (χ2v) is 9.77. The average molecular weight is 507 g/mol. The summed E-state index contributed by atoms with van der Waals surface area (Å²) in [4.78, 5) is 53.9. The van der Waals surface area contributed by atoms with Crippen LogP contribution < -0.4 is 5.32 Å². The molecule has 0 aliphatic heterocycles. The molecule has 2 aromatic heterocycles. The normalized spacial score (nSPS) is 13.8. The van der Waals surface area contributed by atoms with Crippen LogP contribution in [0.3, 0.4) is 0 Å². The minimum atomic E-state index is -4.68. The van der Waals surface area contributed by atoms with Crippen molar-refractivity contribution in [3.63, 3.8) is 0 Å². The van der Waals surface area contributed by atoms with Crippen molar-refractivity contribution in [2.75, 3.05) is 6.16 Å². The van der Waals surface area contributed by atoms with Gasteiger partial charge in [-0.2, -0.15) is 0 Å². The molecule has 0 spiro atoms. The molecule has 0 saturated heterocycles. The third-order valence-corrected chi connectivity index (χ3v) is 6.38. The molecule has 2 atom stereocenters. The minimum Gasteiger partial charge on any atom is -0.480 e. The van der Waals surface area contributed by atoms with Crippen LogP contribution in [0.5, 0.6) is 0 Å². The molecule has 4 rings (SSSR count). The highest BCUT2D eigenvalue weighted by Crippen LogP contribution is 2.35. The molecule has 0 bridgehead atoms. The van der Waals surface area contributed by atoms with E-state index in [1.54, 1.807) is 24.6 Å². The van der Waals surface area contributed by atoms with E-state index in [9.17, 15) is 28.0 Å². The third-order valence-electron chi connectivity index (χ3n) is 5.54. The average Bonchev–Trinajstić information content (AvgIpc) is 3.32. The summed E-state index contributed by atoms with van der Waals surface area (Å²) in [6.45, 7) is 1.79. The fourth-order valence-corrected chi connectivity index (χ4v) is 4.48. The van der Waals surface area contributed by atoms with Crippen molar-refractivity contribution in [1.29, 1.82) is 0 Å². The first-order valence-electron chi connectivity index (χ1n) is 10.2. The summed E-state index contributed by atoms with van der Waals surface area (Å²) in [5.74, 6) is -3.90. The van der Waals surface area contributed by atoms with Gasteiger partial charge in [-0.1, -0.05) is 0 Å². The van der Waals surface area contributed by atoms with Crippen LogP contribution >= 0.6 is 7.60 Å². The van der Waals surface area contributed by atoms with Crippen LogP contribution in [0.1, 0.15) is 34.8 Å². The maximum atomic E-state index is 13.5. The number of aromatic nitrogens is 4. The molecule has 14 heteroatoms. The number of aryl methyl sites for hydroxylation is 1. The number of hydrogen-bond acceptors (Lipinski definition) is 5. The zero-order valence-electron chi connectivity index (χ0n) is 18.4. The molecule has 2 aromatic carbocycles. The third kappa shape index (κ3) is 4.92. The zero-order chi connectivity index (χ0) is 25.7. The van der Waals surface area contributed by atoms with E-state index >= 15 is 0 Å². The van der Waals surface area contributed by atoms with Gasteiger partial charge in [0, 0.05) is 24.7 Å². The van der Waals surface area contributed by atoms with Gasteiger partial charge in [-0.25, -0.2) is 23.5 Å². The summed E-state index contributed by atoms with van der Waals surface area (Å²) in [5.41, 5.74) is 1.68. The maximum absolute atomic E-state index is 13.5. The van der Waals surface area contributed by atoms with Crippen molar-refractivity contribution < 1.29 is 37.8 Å². The number of fused-ring (bicyclic) bond motifs is 2. The number of nitrogens with zero attached hydrogens (tertiary/aromatic N) is 3. The van der Waals surface area contributed by atoms with Gasteiger partial charge < -0.3 is 29.8 Å². The van der Waals surface area contributed by atoms with Crippen molar-refractivity contribution in [1.82, 2.24) is 24.8 Å². The van der Waals surface area contributed by atoms with Crippen LogP contribution in [0.15, 0.2) is 30.3 Å². The molecule has 0 radical (unpaired) electrons. The van der Waals surface area contributed by atoms with E-state index in [4.69, 9.17) is 9.79 Å². The number of halogens is 2. The number of aromatic amines is 1. The van der Waals surface area contributed by atoms with E-state index in [0.717, 1.165) is 12.1 Å². The Morgan fingerprint density at radius 3 is 2.49 bits per heavy atom. The Morgan fingerprint density at radius 2 is 1.83 bits per heavy atom. The number of rotatable bonds is 7. The molecule has 1 amide bonds. The molecule has 0 fully saturated rings. The fraction of sp³-hybridized carbons (Fsp3) is 0.238. The van der Waals surface area contributed by atoms with Crippen molar-refractivity contribution in [2.45, 2.75) is 18.9 Å². The van der Waals surface area contributed by atoms with Crippen molar-refractivity contribution in [3.05, 3.63) is 59.2 Å². The van der Waals surface area contributed by atoms with Gasteiger partial charge in [-0.3, -0.25) is 9.36 Å². The lowest BCUT2D eigenvalue weighted by molar-refractivity contribution is -0.138. The molecule has 4 aromatic rings. The van der Waals surface area contributed by atoms with E-state index in [1.165, 1.54) is 12.1 Å². The highest BCUT2D eigenvalue weighted by Gasteiger charge is 2.29. The van der Waals surface area contributed by atoms with Gasteiger partial charge in [0.05, 0.1) is 34.1 Å². The topological polar surface area (TPSA) is 170 Å². The molecule has 35 heavy (non-hydrogen) atoms. The van der Waals surface area contributed by atoms with E-state index in [1.807, 2.05) is 0 Å². The highest BCUT2D eigenvalue weighted by molar-refractivity contribution is 7.51. The number of imidazole rings is 2. The summed E-state index contributed by atoms with van der Waals surface area (Å²) in [5, 5.41) is 11.3. The second kappa shape index (κ2) is 8.84. The van der Waals surface area contributed by atoms with Crippen molar-refractivity contribution in [2.24, 2.45) is 7.05 Å². The number of amides is 1. The lowest BCUT2D eigenvalue weighted by Crippen LogP contribution is -2.43. The van der Waals surface area contributed by atoms with Crippen molar-refractivity contribution in [3.8, 4) is 0 Å². The molecule has 11 nitrogen and oxygen atoms in total. The Bertz CT molecular complexity index is 1490. The number of aliphatic carboxylic acids is 1. The Labute approximate surface area is 196 Å². The second-order valence-electron chi connectivity index (χ2n) is 8.07. The molecule has 5 N–H and O–H groups in total. The molecule has 184 valence electrons. The van der Waals surface area contributed by atoms with Gasteiger partial charge in [0.1, 0.15) is 17.7 Å². The Hall–Kier alpha value is -3.67. The predicted molar refractivity (Wildman–Crippen MR) is 120 cm³/mol. The van der Waals surface area contributed by atoms with Crippen LogP contribution in [-0.2, 0) is 16.4 Å². The number of H-pyrrole nitrogens is 1. The van der Waals surface area contributed by atoms with Crippen molar-refractivity contribution >= 4 is 41.5 Å². The highest BCUT2D eigenvalue weighted by atomic mass is 31.2. The van der Waals surface area contributed by atoms with Gasteiger partial charge >= 0.3 is 13.6 Å². The first-order valence-corrected chi connectivity index (χ1v) is 12.0. The number of carbonyl (C=O) groups excluding carboxylic acids is 1. The van der Waals surface area contributed by atoms with E-state index < -0.39 is 49.2 Å². The number of carbonyl (C=O) groups is 2. The largest absolute Gasteiger partial charge is 0.480 e. The van der Waals surface area contributed by atoms with E-state index in [-0.39, 0.29) is 11.1 Å². The molecule has 0 aliphatic rings. The number of hydrogen-bond donors (Lipinski definition) is 5. The SMILES string of the molecule is CC(c1nc2cc(F)c(F)cc2[nH]1)c1nc2ccc(C(=O)NC(CP(=O)(O)O)C(=O)O)cc2n1C. The van der Waals surface area contributed by atoms with Gasteiger partial charge in [-0.05, 0) is 25.1 Å². The first kappa shape index (κ1) is 24.5.